The van der Waals surface area contributed by atoms with Crippen molar-refractivity contribution in [3.05, 3.63) is 12.0 Å². The van der Waals surface area contributed by atoms with Crippen LogP contribution in [0.15, 0.2) is 6.20 Å². The Kier molecular flexibility index (Phi) is 4.46. The number of nitrogen functional groups attached to an aromatic ring is 1. The van der Waals surface area contributed by atoms with Crippen molar-refractivity contribution in [3.8, 4) is 0 Å². The van der Waals surface area contributed by atoms with Crippen LogP contribution in [0.4, 0.5) is 16.2 Å². The fourth-order valence-electron chi connectivity index (χ4n) is 2.10. The minimum atomic E-state index is -0.481. The third-order valence-electron chi connectivity index (χ3n) is 3.36. The lowest BCUT2D eigenvalue weighted by molar-refractivity contribution is 0.121. The van der Waals surface area contributed by atoms with Gasteiger partial charge in [0.1, 0.15) is 0 Å². The number of nitrogens with two attached hydrogens (primary N) is 1. The number of halogens is 1. The first-order valence-corrected chi connectivity index (χ1v) is 6.22. The summed E-state index contributed by atoms with van der Waals surface area (Å²) in [5.74, 6) is 5.09. The minimum absolute atomic E-state index is 0.171. The molecule has 4 N–H and O–H groups in total. The van der Waals surface area contributed by atoms with Gasteiger partial charge >= 0.3 is 0 Å². The molecular weight excluding hydrogens is 249 g/mol. The van der Waals surface area contributed by atoms with Gasteiger partial charge in [-0.2, -0.15) is 4.98 Å². The topological polar surface area (TPSA) is 82.3 Å². The lowest BCUT2D eigenvalue weighted by Crippen LogP contribution is -2.52. The van der Waals surface area contributed by atoms with Crippen molar-refractivity contribution in [2.24, 2.45) is 5.84 Å². The lowest BCUT2D eigenvalue weighted by Gasteiger charge is -2.37. The first-order valence-electron chi connectivity index (χ1n) is 6.22. The molecule has 1 aromatic rings. The van der Waals surface area contributed by atoms with Crippen LogP contribution in [0.25, 0.3) is 0 Å². The van der Waals surface area contributed by atoms with Crippen molar-refractivity contribution in [1.82, 2.24) is 19.8 Å². The zero-order valence-electron chi connectivity index (χ0n) is 11.2. The zero-order valence-corrected chi connectivity index (χ0v) is 11.2. The predicted octanol–water partition coefficient (Wildman–Crippen LogP) is -0.441. The van der Waals surface area contributed by atoms with Gasteiger partial charge in [-0.3, -0.25) is 10.3 Å². The lowest BCUT2D eigenvalue weighted by atomic mass is 10.2. The summed E-state index contributed by atoms with van der Waals surface area (Å²) >= 11 is 0. The van der Waals surface area contributed by atoms with Gasteiger partial charge < -0.3 is 10.2 Å². The molecule has 2 rings (SSSR count). The number of rotatable bonds is 4. The molecule has 0 spiro atoms. The summed E-state index contributed by atoms with van der Waals surface area (Å²) in [6.07, 6.45) is 1.10. The monoisotopic (exact) mass is 269 g/mol. The van der Waals surface area contributed by atoms with Crippen molar-refractivity contribution < 1.29 is 4.39 Å². The van der Waals surface area contributed by atoms with Crippen LogP contribution in [-0.4, -0.2) is 66.1 Å². The van der Waals surface area contributed by atoms with Gasteiger partial charge in [0.15, 0.2) is 11.6 Å². The Bertz CT molecular complexity index is 428. The molecular formula is C11H20FN7. The summed E-state index contributed by atoms with van der Waals surface area (Å²) in [5, 5.41) is 3.02. The maximum Gasteiger partial charge on any atom is 0.239 e. The van der Waals surface area contributed by atoms with Crippen LogP contribution in [0.5, 0.6) is 0 Å². The maximum atomic E-state index is 13.6. The van der Waals surface area contributed by atoms with E-state index in [4.69, 9.17) is 5.84 Å². The van der Waals surface area contributed by atoms with Crippen molar-refractivity contribution in [2.75, 3.05) is 51.0 Å². The molecule has 1 unspecified atom stereocenters. The molecule has 0 aromatic carbocycles. The molecule has 19 heavy (non-hydrogen) atoms. The Hall–Kier alpha value is -1.51. The molecule has 7 nitrogen and oxygen atoms in total. The molecule has 0 amide bonds. The summed E-state index contributed by atoms with van der Waals surface area (Å²) in [6, 6.07) is 0.322. The number of hydrogen-bond donors (Lipinski definition) is 3. The standard InChI is InChI=1S/C11H20FN7/c1-18-3-4-19(2)8(7-18)5-14-10-9(12)6-15-11(16-10)17-13/h6,8H,3-5,7,13H2,1-2H3,(H2,14,15,16,17). The molecule has 1 fully saturated rings. The average molecular weight is 269 g/mol. The van der Waals surface area contributed by atoms with Gasteiger partial charge in [-0.05, 0) is 14.1 Å². The van der Waals surface area contributed by atoms with Crippen LogP contribution in [0.2, 0.25) is 0 Å². The van der Waals surface area contributed by atoms with Gasteiger partial charge in [0.25, 0.3) is 0 Å². The SMILES string of the molecule is CN1CCN(C)C(CNc2nc(NN)ncc2F)C1. The molecule has 0 radical (unpaired) electrons. The highest BCUT2D eigenvalue weighted by atomic mass is 19.1. The van der Waals surface area contributed by atoms with Crippen molar-refractivity contribution in [3.63, 3.8) is 0 Å². The van der Waals surface area contributed by atoms with Gasteiger partial charge in [0, 0.05) is 32.2 Å². The van der Waals surface area contributed by atoms with Crippen LogP contribution in [-0.2, 0) is 0 Å². The normalized spacial score (nSPS) is 21.4. The van der Waals surface area contributed by atoms with E-state index in [-0.39, 0.29) is 11.8 Å². The zero-order chi connectivity index (χ0) is 13.8. The second-order valence-electron chi connectivity index (χ2n) is 4.81. The molecule has 8 heteroatoms. The quantitative estimate of drug-likeness (QED) is 0.505. The summed E-state index contributed by atoms with van der Waals surface area (Å²) in [7, 11) is 4.16. The van der Waals surface area contributed by atoms with Gasteiger partial charge in [-0.15, -0.1) is 0 Å². The summed E-state index contributed by atoms with van der Waals surface area (Å²) in [5.41, 5.74) is 2.30. The molecule has 0 saturated carbocycles. The van der Waals surface area contributed by atoms with Crippen LogP contribution < -0.4 is 16.6 Å². The Morgan fingerprint density at radius 3 is 3.00 bits per heavy atom. The molecule has 0 aliphatic carbocycles. The van der Waals surface area contributed by atoms with E-state index >= 15 is 0 Å². The Balaban J connectivity index is 1.97. The predicted molar refractivity (Wildman–Crippen MR) is 72.2 cm³/mol. The Morgan fingerprint density at radius 2 is 2.26 bits per heavy atom. The molecule has 1 atom stereocenters. The number of nitrogens with one attached hydrogen (secondary N) is 2. The number of anilines is 2. The second kappa shape index (κ2) is 6.09. The molecule has 1 aromatic heterocycles. The highest BCUT2D eigenvalue weighted by Crippen LogP contribution is 2.13. The van der Waals surface area contributed by atoms with E-state index in [1.54, 1.807) is 0 Å². The average Bonchev–Trinajstić information content (AvgIpc) is 2.41. The van der Waals surface area contributed by atoms with Crippen molar-refractivity contribution in [2.45, 2.75) is 6.04 Å². The van der Waals surface area contributed by atoms with E-state index in [9.17, 15) is 4.39 Å². The summed E-state index contributed by atoms with van der Waals surface area (Å²) < 4.78 is 13.6. The van der Waals surface area contributed by atoms with Gasteiger partial charge in [-0.1, -0.05) is 0 Å². The third-order valence-corrected chi connectivity index (χ3v) is 3.36. The van der Waals surface area contributed by atoms with E-state index in [1.165, 1.54) is 0 Å². The smallest absolute Gasteiger partial charge is 0.239 e. The number of nitrogens with zero attached hydrogens (tertiary/aromatic N) is 4. The highest BCUT2D eigenvalue weighted by Gasteiger charge is 2.22. The fourth-order valence-corrected chi connectivity index (χ4v) is 2.10. The van der Waals surface area contributed by atoms with Crippen LogP contribution in [0, 0.1) is 5.82 Å². The first-order chi connectivity index (χ1) is 9.10. The first kappa shape index (κ1) is 13.9. The molecule has 0 bridgehead atoms. The second-order valence-corrected chi connectivity index (χ2v) is 4.81. The van der Waals surface area contributed by atoms with Crippen LogP contribution in [0.3, 0.4) is 0 Å². The number of piperazine rings is 1. The van der Waals surface area contributed by atoms with Gasteiger partial charge in [0.05, 0.1) is 6.20 Å². The van der Waals surface area contributed by atoms with E-state index in [0.29, 0.717) is 12.6 Å². The largest absolute Gasteiger partial charge is 0.366 e. The van der Waals surface area contributed by atoms with E-state index in [0.717, 1.165) is 25.8 Å². The van der Waals surface area contributed by atoms with Crippen LogP contribution in [0.1, 0.15) is 0 Å². The Labute approximate surface area is 112 Å². The molecule has 106 valence electrons. The maximum absolute atomic E-state index is 13.6. The number of hydrogen-bond acceptors (Lipinski definition) is 7. The van der Waals surface area contributed by atoms with Crippen LogP contribution >= 0.6 is 0 Å². The number of aromatic nitrogens is 2. The summed E-state index contributed by atoms with van der Waals surface area (Å²) in [6.45, 7) is 3.62. The Morgan fingerprint density at radius 1 is 1.47 bits per heavy atom. The van der Waals surface area contributed by atoms with E-state index in [2.05, 4.69) is 44.6 Å². The number of hydrazine groups is 1. The highest BCUT2D eigenvalue weighted by molar-refractivity contribution is 5.40. The summed E-state index contributed by atoms with van der Waals surface area (Å²) in [4.78, 5) is 12.2. The fraction of sp³-hybridized carbons (Fsp3) is 0.636. The minimum Gasteiger partial charge on any atom is -0.366 e. The molecule has 1 saturated heterocycles. The van der Waals surface area contributed by atoms with Crippen molar-refractivity contribution in [1.29, 1.82) is 0 Å². The van der Waals surface area contributed by atoms with Gasteiger partial charge in [0.2, 0.25) is 5.95 Å². The van der Waals surface area contributed by atoms with E-state index < -0.39 is 5.82 Å². The van der Waals surface area contributed by atoms with E-state index in [1.807, 2.05) is 0 Å². The third kappa shape index (κ3) is 3.49. The number of likely N-dealkylation sites (N-methyl/N-ethyl adjacent to an activating group) is 2. The van der Waals surface area contributed by atoms with Gasteiger partial charge in [-0.25, -0.2) is 15.2 Å². The van der Waals surface area contributed by atoms with Crippen molar-refractivity contribution >= 4 is 11.8 Å². The molecule has 1 aliphatic rings. The molecule has 2 heterocycles. The molecule has 1 aliphatic heterocycles.